The van der Waals surface area contributed by atoms with Gasteiger partial charge in [-0.2, -0.15) is 0 Å². The van der Waals surface area contributed by atoms with Crippen LogP contribution in [0.15, 0.2) is 30.3 Å². The number of carbonyl (C=O) groups is 1. The van der Waals surface area contributed by atoms with Crippen molar-refractivity contribution in [1.29, 1.82) is 0 Å². The van der Waals surface area contributed by atoms with Gasteiger partial charge in [-0.15, -0.1) is 0 Å². The van der Waals surface area contributed by atoms with Gasteiger partial charge in [0.2, 0.25) is 0 Å². The molecule has 2 rings (SSSR count). The zero-order valence-corrected chi connectivity index (χ0v) is 13.1. The number of ketones is 1. The SMILES string of the molecule is Cc1ccc2cc(C(=O)CCC(C)(C)CCN)ccc2n1. The van der Waals surface area contributed by atoms with Crippen LogP contribution in [-0.4, -0.2) is 17.3 Å². The smallest absolute Gasteiger partial charge is 0.162 e. The molecule has 0 bridgehead atoms. The highest BCUT2D eigenvalue weighted by molar-refractivity contribution is 5.99. The molecule has 1 aromatic heterocycles. The minimum atomic E-state index is 0.125. The van der Waals surface area contributed by atoms with Gasteiger partial charge in [0.15, 0.2) is 5.78 Å². The van der Waals surface area contributed by atoms with E-state index < -0.39 is 0 Å². The van der Waals surface area contributed by atoms with Crippen LogP contribution >= 0.6 is 0 Å². The summed E-state index contributed by atoms with van der Waals surface area (Å²) in [5.41, 5.74) is 8.44. The van der Waals surface area contributed by atoms with Gasteiger partial charge in [-0.25, -0.2) is 0 Å². The summed E-state index contributed by atoms with van der Waals surface area (Å²) in [5, 5.41) is 1.02. The Labute approximate surface area is 126 Å². The van der Waals surface area contributed by atoms with Crippen molar-refractivity contribution in [3.05, 3.63) is 41.6 Å². The molecule has 3 heteroatoms. The number of rotatable bonds is 6. The molecule has 21 heavy (non-hydrogen) atoms. The summed E-state index contributed by atoms with van der Waals surface area (Å²) in [6.07, 6.45) is 2.38. The molecule has 2 N–H and O–H groups in total. The van der Waals surface area contributed by atoms with E-state index in [9.17, 15) is 4.79 Å². The van der Waals surface area contributed by atoms with Gasteiger partial charge in [-0.1, -0.05) is 19.9 Å². The van der Waals surface area contributed by atoms with Crippen molar-refractivity contribution in [2.75, 3.05) is 6.54 Å². The number of nitrogens with zero attached hydrogens (tertiary/aromatic N) is 1. The first-order valence-electron chi connectivity index (χ1n) is 7.52. The third-order valence-electron chi connectivity index (χ3n) is 4.00. The van der Waals surface area contributed by atoms with E-state index in [2.05, 4.69) is 18.8 Å². The normalized spacial score (nSPS) is 11.8. The molecule has 0 amide bonds. The summed E-state index contributed by atoms with van der Waals surface area (Å²) in [6.45, 7) is 6.97. The predicted molar refractivity (Wildman–Crippen MR) is 87.5 cm³/mol. The molecule has 0 aliphatic carbocycles. The van der Waals surface area contributed by atoms with Crippen LogP contribution in [0.5, 0.6) is 0 Å². The van der Waals surface area contributed by atoms with Crippen molar-refractivity contribution in [2.45, 2.75) is 40.0 Å². The average Bonchev–Trinajstić information content (AvgIpc) is 2.44. The van der Waals surface area contributed by atoms with Gasteiger partial charge in [-0.05, 0) is 56.0 Å². The Kier molecular flexibility index (Phi) is 4.73. The number of nitrogens with two attached hydrogens (primary N) is 1. The second-order valence-corrected chi connectivity index (χ2v) is 6.49. The van der Waals surface area contributed by atoms with Crippen LogP contribution < -0.4 is 5.73 Å². The molecule has 0 unspecified atom stereocenters. The fraction of sp³-hybridized carbons (Fsp3) is 0.444. The molecule has 0 aliphatic rings. The first-order valence-corrected chi connectivity index (χ1v) is 7.52. The summed E-state index contributed by atoms with van der Waals surface area (Å²) in [5.74, 6) is 0.197. The lowest BCUT2D eigenvalue weighted by atomic mass is 9.83. The molecule has 0 aliphatic heterocycles. The van der Waals surface area contributed by atoms with Crippen molar-refractivity contribution in [3.8, 4) is 0 Å². The Morgan fingerprint density at radius 2 is 1.95 bits per heavy atom. The van der Waals surface area contributed by atoms with Gasteiger partial charge in [0.25, 0.3) is 0 Å². The molecule has 0 atom stereocenters. The van der Waals surface area contributed by atoms with Crippen molar-refractivity contribution >= 4 is 16.7 Å². The van der Waals surface area contributed by atoms with E-state index >= 15 is 0 Å². The molecule has 1 aromatic carbocycles. The topological polar surface area (TPSA) is 56.0 Å². The van der Waals surface area contributed by atoms with E-state index in [0.717, 1.165) is 35.0 Å². The molecule has 0 fully saturated rings. The molecule has 0 spiro atoms. The van der Waals surface area contributed by atoms with Gasteiger partial charge in [0.1, 0.15) is 0 Å². The van der Waals surface area contributed by atoms with E-state index in [1.54, 1.807) is 0 Å². The number of hydrogen-bond acceptors (Lipinski definition) is 3. The van der Waals surface area contributed by atoms with Crippen LogP contribution in [0.3, 0.4) is 0 Å². The van der Waals surface area contributed by atoms with Gasteiger partial charge < -0.3 is 5.73 Å². The number of carbonyl (C=O) groups excluding carboxylic acids is 1. The number of aryl methyl sites for hydroxylation is 1. The third kappa shape index (κ3) is 4.11. The molecule has 0 radical (unpaired) electrons. The first-order chi connectivity index (χ1) is 9.91. The Hall–Kier alpha value is -1.74. The number of hydrogen-bond donors (Lipinski definition) is 1. The standard InChI is InChI=1S/C18H24N2O/c1-13-4-5-14-12-15(6-7-16(14)20-13)17(21)8-9-18(2,3)10-11-19/h4-7,12H,8-11,19H2,1-3H3. The number of fused-ring (bicyclic) bond motifs is 1. The lowest BCUT2D eigenvalue weighted by molar-refractivity contribution is 0.0962. The van der Waals surface area contributed by atoms with Crippen LogP contribution in [0, 0.1) is 12.3 Å². The number of benzene rings is 1. The summed E-state index contributed by atoms with van der Waals surface area (Å²) in [6, 6.07) is 9.75. The molecule has 0 saturated carbocycles. The molecule has 0 saturated heterocycles. The average molecular weight is 284 g/mol. The fourth-order valence-corrected chi connectivity index (χ4v) is 2.51. The highest BCUT2D eigenvalue weighted by Gasteiger charge is 2.19. The molecule has 1 heterocycles. The second-order valence-electron chi connectivity index (χ2n) is 6.49. The Morgan fingerprint density at radius 3 is 2.67 bits per heavy atom. The predicted octanol–water partition coefficient (Wildman–Crippen LogP) is 3.88. The molecular formula is C18H24N2O. The van der Waals surface area contributed by atoms with Gasteiger partial charge in [0, 0.05) is 23.1 Å². The monoisotopic (exact) mass is 284 g/mol. The Balaban J connectivity index is 2.11. The highest BCUT2D eigenvalue weighted by Crippen LogP contribution is 2.27. The van der Waals surface area contributed by atoms with Crippen molar-refractivity contribution in [2.24, 2.45) is 11.1 Å². The van der Waals surface area contributed by atoms with Gasteiger partial charge in [0.05, 0.1) is 5.52 Å². The van der Waals surface area contributed by atoms with E-state index in [-0.39, 0.29) is 11.2 Å². The maximum absolute atomic E-state index is 12.4. The lowest BCUT2D eigenvalue weighted by Gasteiger charge is -2.23. The number of pyridine rings is 1. The van der Waals surface area contributed by atoms with Crippen molar-refractivity contribution in [3.63, 3.8) is 0 Å². The minimum Gasteiger partial charge on any atom is -0.330 e. The van der Waals surface area contributed by atoms with Gasteiger partial charge in [-0.3, -0.25) is 9.78 Å². The van der Waals surface area contributed by atoms with Crippen LogP contribution in [0.2, 0.25) is 0 Å². The van der Waals surface area contributed by atoms with Crippen molar-refractivity contribution in [1.82, 2.24) is 4.98 Å². The van der Waals surface area contributed by atoms with Crippen molar-refractivity contribution < 1.29 is 4.79 Å². The van der Waals surface area contributed by atoms with E-state index in [0.29, 0.717) is 13.0 Å². The quantitative estimate of drug-likeness (QED) is 0.819. The minimum absolute atomic E-state index is 0.125. The lowest BCUT2D eigenvalue weighted by Crippen LogP contribution is -2.18. The fourth-order valence-electron chi connectivity index (χ4n) is 2.51. The molecule has 112 valence electrons. The zero-order chi connectivity index (χ0) is 15.5. The Morgan fingerprint density at radius 1 is 1.19 bits per heavy atom. The summed E-state index contributed by atoms with van der Waals surface area (Å²) in [4.78, 5) is 16.8. The summed E-state index contributed by atoms with van der Waals surface area (Å²) < 4.78 is 0. The van der Waals surface area contributed by atoms with E-state index in [1.165, 1.54) is 0 Å². The van der Waals surface area contributed by atoms with Crippen LogP contribution in [0.4, 0.5) is 0 Å². The number of Topliss-reactive ketones (excluding diaryl/α,β-unsaturated/α-hetero) is 1. The van der Waals surface area contributed by atoms with Crippen LogP contribution in [0.25, 0.3) is 10.9 Å². The number of aromatic nitrogens is 1. The maximum atomic E-state index is 12.4. The van der Waals surface area contributed by atoms with Crippen LogP contribution in [-0.2, 0) is 0 Å². The third-order valence-corrected chi connectivity index (χ3v) is 4.00. The van der Waals surface area contributed by atoms with E-state index in [4.69, 9.17) is 5.73 Å². The second kappa shape index (κ2) is 6.35. The van der Waals surface area contributed by atoms with Crippen LogP contribution in [0.1, 0.15) is 49.2 Å². The molecular weight excluding hydrogens is 260 g/mol. The maximum Gasteiger partial charge on any atom is 0.162 e. The highest BCUT2D eigenvalue weighted by atomic mass is 16.1. The molecule has 3 nitrogen and oxygen atoms in total. The largest absolute Gasteiger partial charge is 0.330 e. The Bertz CT molecular complexity index is 647. The summed E-state index contributed by atoms with van der Waals surface area (Å²) in [7, 11) is 0. The first kappa shape index (κ1) is 15.6. The van der Waals surface area contributed by atoms with Gasteiger partial charge >= 0.3 is 0 Å². The summed E-state index contributed by atoms with van der Waals surface area (Å²) >= 11 is 0. The van der Waals surface area contributed by atoms with E-state index in [1.807, 2.05) is 37.3 Å². The zero-order valence-electron chi connectivity index (χ0n) is 13.1. The molecule has 2 aromatic rings.